The molecule has 1 aliphatic heterocycles. The van der Waals surface area contributed by atoms with E-state index in [0.717, 1.165) is 29.6 Å². The van der Waals surface area contributed by atoms with Gasteiger partial charge in [-0.1, -0.05) is 30.1 Å². The zero-order valence-corrected chi connectivity index (χ0v) is 20.3. The molecule has 1 saturated heterocycles. The predicted octanol–water partition coefficient (Wildman–Crippen LogP) is 2.37. The molecule has 0 amide bonds. The van der Waals surface area contributed by atoms with E-state index in [1.807, 2.05) is 0 Å². The number of H-pyrrole nitrogens is 1. The third-order valence-electron chi connectivity index (χ3n) is 5.92. The van der Waals surface area contributed by atoms with Crippen molar-refractivity contribution >= 4 is 43.9 Å². The Hall–Kier alpha value is -2.17. The molecule has 1 aliphatic rings. The Bertz CT molecular complexity index is 1450. The molecule has 0 aliphatic carbocycles. The molecule has 1 aromatic heterocycles. The summed E-state index contributed by atoms with van der Waals surface area (Å²) in [5.74, 6) is -0.120. The van der Waals surface area contributed by atoms with Crippen LogP contribution in [0, 0.1) is 0 Å². The summed E-state index contributed by atoms with van der Waals surface area (Å²) in [4.78, 5) is 31.0. The minimum absolute atomic E-state index is 0.0398. The summed E-state index contributed by atoms with van der Waals surface area (Å²) in [6.07, 6.45) is 0.909. The second kappa shape index (κ2) is 9.23. The quantitative estimate of drug-likeness (QED) is 0.525. The van der Waals surface area contributed by atoms with E-state index in [9.17, 15) is 18.0 Å². The number of hydrogen-bond donors (Lipinski definition) is 2. The lowest BCUT2D eigenvalue weighted by atomic mass is 10.1. The number of benzene rings is 2. The molecule has 0 saturated carbocycles. The number of halogens is 2. The first-order valence-corrected chi connectivity index (χ1v) is 12.9. The first kappa shape index (κ1) is 24.0. The number of nitrogens with zero attached hydrogens (tertiary/aromatic N) is 2. The summed E-state index contributed by atoms with van der Waals surface area (Å²) in [5.41, 5.74) is 6.19. The lowest BCUT2D eigenvalue weighted by Gasteiger charge is -2.17. The molecule has 1 atom stereocenters. The van der Waals surface area contributed by atoms with Crippen molar-refractivity contribution < 1.29 is 8.42 Å². The Labute approximate surface area is 200 Å². The van der Waals surface area contributed by atoms with Crippen molar-refractivity contribution in [1.29, 1.82) is 0 Å². The predicted molar refractivity (Wildman–Crippen MR) is 130 cm³/mol. The van der Waals surface area contributed by atoms with Crippen LogP contribution in [0.4, 0.5) is 0 Å². The number of fused-ring (bicyclic) bond motifs is 1. The van der Waals surface area contributed by atoms with Crippen LogP contribution in [0.3, 0.4) is 0 Å². The van der Waals surface area contributed by atoms with Gasteiger partial charge in [0.2, 0.25) is 0 Å². The maximum absolute atomic E-state index is 13.2. The number of nitrogens with one attached hydrogen (secondary N) is 1. The molecule has 11 heteroatoms. The number of aromatic nitrogens is 2. The van der Waals surface area contributed by atoms with Crippen molar-refractivity contribution in [3.05, 3.63) is 72.3 Å². The van der Waals surface area contributed by atoms with Gasteiger partial charge in [0, 0.05) is 35.7 Å². The van der Waals surface area contributed by atoms with Crippen LogP contribution in [0.1, 0.15) is 24.5 Å². The van der Waals surface area contributed by atoms with Crippen molar-refractivity contribution in [3.8, 4) is 0 Å². The smallest absolute Gasteiger partial charge is 0.326 e. The number of hydrogen-bond acceptors (Lipinski definition) is 6. The summed E-state index contributed by atoms with van der Waals surface area (Å²) in [7, 11) is -3.58. The van der Waals surface area contributed by atoms with Crippen molar-refractivity contribution in [2.24, 2.45) is 5.73 Å². The molecule has 0 spiro atoms. The van der Waals surface area contributed by atoms with Crippen molar-refractivity contribution in [2.75, 3.05) is 18.8 Å². The first-order chi connectivity index (χ1) is 15.6. The van der Waals surface area contributed by atoms with Gasteiger partial charge in [-0.3, -0.25) is 14.3 Å². The van der Waals surface area contributed by atoms with Gasteiger partial charge in [-0.15, -0.1) is 0 Å². The van der Waals surface area contributed by atoms with Gasteiger partial charge < -0.3 is 10.7 Å². The average molecular weight is 511 g/mol. The van der Waals surface area contributed by atoms with Crippen LogP contribution < -0.4 is 17.0 Å². The Morgan fingerprint density at radius 3 is 2.55 bits per heavy atom. The fraction of sp³-hybridized carbons (Fsp3) is 0.364. The highest BCUT2D eigenvalue weighted by Gasteiger charge is 2.22. The molecule has 33 heavy (non-hydrogen) atoms. The molecule has 0 bridgehead atoms. The molecule has 2 aromatic carbocycles. The van der Waals surface area contributed by atoms with E-state index < -0.39 is 21.1 Å². The average Bonchev–Trinajstić information content (AvgIpc) is 3.17. The van der Waals surface area contributed by atoms with Crippen molar-refractivity contribution in [3.63, 3.8) is 0 Å². The van der Waals surface area contributed by atoms with Crippen molar-refractivity contribution in [2.45, 2.75) is 37.4 Å². The van der Waals surface area contributed by atoms with Crippen LogP contribution in [0.25, 0.3) is 10.9 Å². The molecule has 2 heterocycles. The van der Waals surface area contributed by atoms with Crippen molar-refractivity contribution in [1.82, 2.24) is 14.5 Å². The van der Waals surface area contributed by atoms with Crippen LogP contribution in [0.15, 0.2) is 44.8 Å². The van der Waals surface area contributed by atoms with Gasteiger partial charge >= 0.3 is 5.69 Å². The molecule has 0 radical (unpaired) electrons. The molecule has 8 nitrogen and oxygen atoms in total. The minimum atomic E-state index is -3.58. The standard InChI is InChI=1S/C22H24Cl2N4O4S/c1-2-33(31,32)20-4-3-15(23)7-14(20)11-28-21(29)17-9-18(24)13(8-19(17)26-22(28)30)10-27-6-5-16(25)12-27/h3-4,7-9,16H,2,5-6,10-12,25H2,1H3,(H,26,30). The summed E-state index contributed by atoms with van der Waals surface area (Å²) in [6, 6.07) is 7.69. The minimum Gasteiger partial charge on any atom is -0.326 e. The van der Waals surface area contributed by atoms with E-state index in [1.54, 1.807) is 12.1 Å². The molecule has 4 rings (SSSR count). The van der Waals surface area contributed by atoms with Gasteiger partial charge in [-0.05, 0) is 47.9 Å². The maximum atomic E-state index is 13.2. The highest BCUT2D eigenvalue weighted by Crippen LogP contribution is 2.25. The van der Waals surface area contributed by atoms with Crippen LogP contribution in [-0.2, 0) is 22.9 Å². The van der Waals surface area contributed by atoms with E-state index in [0.29, 0.717) is 22.1 Å². The second-order valence-electron chi connectivity index (χ2n) is 8.25. The number of nitrogens with two attached hydrogens (primary N) is 1. The Morgan fingerprint density at radius 2 is 1.88 bits per heavy atom. The fourth-order valence-electron chi connectivity index (χ4n) is 4.13. The maximum Gasteiger partial charge on any atom is 0.329 e. The Balaban J connectivity index is 1.77. The molecule has 3 N–H and O–H groups in total. The van der Waals surface area contributed by atoms with Gasteiger partial charge in [0.25, 0.3) is 5.56 Å². The Kier molecular flexibility index (Phi) is 6.70. The molecule has 176 valence electrons. The highest BCUT2D eigenvalue weighted by atomic mass is 35.5. The normalized spacial score (nSPS) is 17.2. The monoisotopic (exact) mass is 510 g/mol. The second-order valence-corrected chi connectivity index (χ2v) is 11.3. The summed E-state index contributed by atoms with van der Waals surface area (Å²) >= 11 is 12.5. The lowest BCUT2D eigenvalue weighted by molar-refractivity contribution is 0.327. The zero-order valence-electron chi connectivity index (χ0n) is 18.0. The van der Waals surface area contributed by atoms with Crippen LogP contribution >= 0.6 is 23.2 Å². The molecule has 3 aromatic rings. The van der Waals surface area contributed by atoms with E-state index in [1.165, 1.54) is 25.1 Å². The third kappa shape index (κ3) is 4.88. The molecular weight excluding hydrogens is 487 g/mol. The summed E-state index contributed by atoms with van der Waals surface area (Å²) in [6.45, 7) is 3.46. The Morgan fingerprint density at radius 1 is 1.12 bits per heavy atom. The topological polar surface area (TPSA) is 118 Å². The molecule has 1 fully saturated rings. The third-order valence-corrected chi connectivity index (χ3v) is 8.33. The fourth-order valence-corrected chi connectivity index (χ4v) is 5.66. The molecule has 1 unspecified atom stereocenters. The van der Waals surface area contributed by atoms with Crippen LogP contribution in [0.5, 0.6) is 0 Å². The van der Waals surface area contributed by atoms with E-state index in [4.69, 9.17) is 28.9 Å². The van der Waals surface area contributed by atoms with E-state index in [2.05, 4.69) is 9.88 Å². The van der Waals surface area contributed by atoms with E-state index >= 15 is 0 Å². The summed E-state index contributed by atoms with van der Waals surface area (Å²) in [5, 5.41) is 0.957. The van der Waals surface area contributed by atoms with Gasteiger partial charge in [-0.25, -0.2) is 13.2 Å². The number of aromatic amines is 1. The lowest BCUT2D eigenvalue weighted by Crippen LogP contribution is -2.36. The zero-order chi connectivity index (χ0) is 23.9. The number of rotatable bonds is 6. The SMILES string of the molecule is CCS(=O)(=O)c1ccc(Cl)cc1Cn1c(=O)[nH]c2cc(CN3CCC(N)C3)c(Cl)cc2c1=O. The summed E-state index contributed by atoms with van der Waals surface area (Å²) < 4.78 is 26.0. The van der Waals surface area contributed by atoms with Gasteiger partial charge in [0.05, 0.1) is 28.1 Å². The van der Waals surface area contributed by atoms with Gasteiger partial charge in [0.15, 0.2) is 9.84 Å². The largest absolute Gasteiger partial charge is 0.329 e. The number of sulfone groups is 1. The first-order valence-electron chi connectivity index (χ1n) is 10.5. The van der Waals surface area contributed by atoms with Gasteiger partial charge in [-0.2, -0.15) is 0 Å². The van der Waals surface area contributed by atoms with Crippen LogP contribution in [-0.4, -0.2) is 47.8 Å². The molecular formula is C22H24Cl2N4O4S. The highest BCUT2D eigenvalue weighted by molar-refractivity contribution is 7.91. The number of likely N-dealkylation sites (tertiary alicyclic amines) is 1. The van der Waals surface area contributed by atoms with Crippen LogP contribution in [0.2, 0.25) is 10.0 Å². The van der Waals surface area contributed by atoms with E-state index in [-0.39, 0.29) is 34.2 Å². The van der Waals surface area contributed by atoms with Gasteiger partial charge in [0.1, 0.15) is 0 Å².